The third-order valence-electron chi connectivity index (χ3n) is 5.18. The summed E-state index contributed by atoms with van der Waals surface area (Å²) in [4.78, 5) is 12.3. The zero-order valence-electron chi connectivity index (χ0n) is 17.8. The molecule has 0 saturated carbocycles. The van der Waals surface area contributed by atoms with Crippen LogP contribution in [-0.2, 0) is 9.53 Å². The smallest absolute Gasteiger partial charge is 0.309 e. The monoisotopic (exact) mass is 422 g/mol. The lowest BCUT2D eigenvalue weighted by molar-refractivity contribution is -0.154. The summed E-state index contributed by atoms with van der Waals surface area (Å²) in [6.07, 6.45) is 5.02. The number of esters is 1. The van der Waals surface area contributed by atoms with Gasteiger partial charge in [0, 0.05) is 0 Å². The molecule has 0 aliphatic carbocycles. The van der Waals surface area contributed by atoms with E-state index in [1.165, 1.54) is 6.42 Å². The first-order chi connectivity index (χ1) is 13.9. The van der Waals surface area contributed by atoms with E-state index in [1.807, 2.05) is 0 Å². The first-order valence-corrected chi connectivity index (χ1v) is 10.9. The van der Waals surface area contributed by atoms with Crippen molar-refractivity contribution >= 4 is 5.97 Å². The van der Waals surface area contributed by atoms with Crippen molar-refractivity contribution in [1.82, 2.24) is 0 Å². The number of carbonyl (C=O) groups excluding carboxylic acids is 1. The summed E-state index contributed by atoms with van der Waals surface area (Å²) in [6, 6.07) is 0. The average Bonchev–Trinajstić information content (AvgIpc) is 2.73. The van der Waals surface area contributed by atoms with Crippen LogP contribution in [0.3, 0.4) is 0 Å². The van der Waals surface area contributed by atoms with Gasteiger partial charge in [0.2, 0.25) is 0 Å². The van der Waals surface area contributed by atoms with Crippen LogP contribution < -0.4 is 0 Å². The lowest BCUT2D eigenvalue weighted by Crippen LogP contribution is -2.29. The number of hydrogen-bond acceptors (Lipinski definition) is 8. The number of hydrogen-bond donors (Lipinski definition) is 6. The van der Waals surface area contributed by atoms with Gasteiger partial charge in [0.15, 0.2) is 0 Å². The van der Waals surface area contributed by atoms with Crippen molar-refractivity contribution in [2.45, 2.75) is 89.4 Å². The molecule has 0 saturated heterocycles. The van der Waals surface area contributed by atoms with Gasteiger partial charge in [-0.3, -0.25) is 4.79 Å². The fraction of sp³-hybridized carbons (Fsp3) is 0.952. The van der Waals surface area contributed by atoms with Crippen molar-refractivity contribution in [1.29, 1.82) is 0 Å². The molecule has 0 rings (SSSR count). The molecule has 8 heteroatoms. The summed E-state index contributed by atoms with van der Waals surface area (Å²) < 4.78 is 5.02. The zero-order valence-corrected chi connectivity index (χ0v) is 17.8. The van der Waals surface area contributed by atoms with Crippen molar-refractivity contribution < 1.29 is 40.2 Å². The number of rotatable bonds is 19. The normalized spacial score (nSPS) is 16.8. The molecule has 0 spiro atoms. The maximum Gasteiger partial charge on any atom is 0.309 e. The van der Waals surface area contributed by atoms with Crippen molar-refractivity contribution in [2.75, 3.05) is 26.4 Å². The van der Waals surface area contributed by atoms with Gasteiger partial charge in [-0.25, -0.2) is 0 Å². The molecule has 0 radical (unpaired) electrons. The Morgan fingerprint density at radius 2 is 1.34 bits per heavy atom. The molecule has 5 unspecified atom stereocenters. The molecule has 0 amide bonds. The molecule has 29 heavy (non-hydrogen) atoms. The Morgan fingerprint density at radius 3 is 1.93 bits per heavy atom. The van der Waals surface area contributed by atoms with Gasteiger partial charge in [-0.1, -0.05) is 51.9 Å². The molecule has 0 bridgehead atoms. The van der Waals surface area contributed by atoms with Gasteiger partial charge in [0.05, 0.1) is 37.9 Å². The van der Waals surface area contributed by atoms with E-state index in [0.717, 1.165) is 32.1 Å². The lowest BCUT2D eigenvalue weighted by Gasteiger charge is -2.22. The van der Waals surface area contributed by atoms with Gasteiger partial charge in [-0.15, -0.1) is 0 Å². The molecule has 0 aliphatic rings. The molecule has 5 atom stereocenters. The summed E-state index contributed by atoms with van der Waals surface area (Å²) in [7, 11) is 0. The summed E-state index contributed by atoms with van der Waals surface area (Å²) in [6.45, 7) is 0.600. The number of ether oxygens (including phenoxy) is 1. The molecule has 174 valence electrons. The second kappa shape index (κ2) is 18.0. The van der Waals surface area contributed by atoms with E-state index in [9.17, 15) is 20.1 Å². The first kappa shape index (κ1) is 28.2. The highest BCUT2D eigenvalue weighted by atomic mass is 16.5. The van der Waals surface area contributed by atoms with Crippen LogP contribution in [0, 0.1) is 11.8 Å². The highest BCUT2D eigenvalue weighted by Crippen LogP contribution is 2.25. The Hall–Kier alpha value is -0.770. The summed E-state index contributed by atoms with van der Waals surface area (Å²) >= 11 is 0. The molecule has 6 N–H and O–H groups in total. The molecule has 0 aliphatic heterocycles. The summed E-state index contributed by atoms with van der Waals surface area (Å²) in [5.74, 6) is -0.948. The van der Waals surface area contributed by atoms with Gasteiger partial charge >= 0.3 is 5.97 Å². The van der Waals surface area contributed by atoms with E-state index in [-0.39, 0.29) is 25.6 Å². The second-order valence-electron chi connectivity index (χ2n) is 7.95. The van der Waals surface area contributed by atoms with Crippen molar-refractivity contribution in [3.05, 3.63) is 0 Å². The third kappa shape index (κ3) is 14.8. The van der Waals surface area contributed by atoms with Crippen LogP contribution in [0.1, 0.15) is 71.1 Å². The Kier molecular flexibility index (Phi) is 17.6. The van der Waals surface area contributed by atoms with E-state index in [0.29, 0.717) is 19.3 Å². The molecule has 0 aromatic rings. The van der Waals surface area contributed by atoms with Gasteiger partial charge in [-0.2, -0.15) is 0 Å². The van der Waals surface area contributed by atoms with Gasteiger partial charge in [-0.05, 0) is 25.2 Å². The summed E-state index contributed by atoms with van der Waals surface area (Å²) in [5.41, 5.74) is 0. The predicted octanol–water partition coefficient (Wildman–Crippen LogP) is 0.742. The minimum absolute atomic E-state index is 0.0605. The minimum atomic E-state index is -1.14. The van der Waals surface area contributed by atoms with E-state index in [1.54, 1.807) is 0 Å². The quantitative estimate of drug-likeness (QED) is 0.132. The van der Waals surface area contributed by atoms with Crippen LogP contribution in [0.4, 0.5) is 0 Å². The first-order valence-electron chi connectivity index (χ1n) is 10.9. The Labute approximate surface area is 174 Å². The second-order valence-corrected chi connectivity index (χ2v) is 7.95. The van der Waals surface area contributed by atoms with Crippen LogP contribution in [-0.4, -0.2) is 81.3 Å². The van der Waals surface area contributed by atoms with Crippen LogP contribution >= 0.6 is 0 Å². The fourth-order valence-corrected chi connectivity index (χ4v) is 3.44. The molecular weight excluding hydrogens is 380 g/mol. The number of unbranched alkanes of at least 4 members (excludes halogenated alkanes) is 3. The molecule has 0 aromatic carbocycles. The maximum absolute atomic E-state index is 12.3. The standard InChI is InChI=1S/C21H42O8/c1-2-3-4-5-7-16(10-18(25)12-22)8-6-9-17(11-19(26)13-23)21(28)29-15-20(27)14-24/h16-20,22-27H,2-15H2,1H3. The third-order valence-corrected chi connectivity index (χ3v) is 5.18. The van der Waals surface area contributed by atoms with E-state index in [2.05, 4.69) is 6.92 Å². The highest BCUT2D eigenvalue weighted by molar-refractivity contribution is 5.72. The largest absolute Gasteiger partial charge is 0.463 e. The van der Waals surface area contributed by atoms with Gasteiger partial charge in [0.25, 0.3) is 0 Å². The SMILES string of the molecule is CCCCCCC(CCCC(CC(O)CO)C(=O)OCC(O)CO)CC(O)CO. The van der Waals surface area contributed by atoms with Gasteiger partial charge < -0.3 is 35.4 Å². The van der Waals surface area contributed by atoms with E-state index < -0.39 is 43.4 Å². The van der Waals surface area contributed by atoms with Crippen LogP contribution in [0.25, 0.3) is 0 Å². The van der Waals surface area contributed by atoms with Crippen LogP contribution in [0.15, 0.2) is 0 Å². The average molecular weight is 423 g/mol. The minimum Gasteiger partial charge on any atom is -0.463 e. The number of aliphatic hydroxyl groups is 6. The molecule has 8 nitrogen and oxygen atoms in total. The molecule has 0 heterocycles. The topological polar surface area (TPSA) is 148 Å². The Morgan fingerprint density at radius 1 is 0.759 bits per heavy atom. The molecule has 0 aromatic heterocycles. The number of aliphatic hydroxyl groups excluding tert-OH is 6. The Balaban J connectivity index is 4.65. The zero-order chi connectivity index (χ0) is 22.1. The molecular formula is C21H42O8. The van der Waals surface area contributed by atoms with Crippen LogP contribution in [0.2, 0.25) is 0 Å². The van der Waals surface area contributed by atoms with E-state index >= 15 is 0 Å². The van der Waals surface area contributed by atoms with Crippen molar-refractivity contribution in [3.63, 3.8) is 0 Å². The lowest BCUT2D eigenvalue weighted by atomic mass is 9.87. The van der Waals surface area contributed by atoms with Crippen LogP contribution in [0.5, 0.6) is 0 Å². The number of carbonyl (C=O) groups is 1. The van der Waals surface area contributed by atoms with E-state index in [4.69, 9.17) is 20.1 Å². The summed E-state index contributed by atoms with van der Waals surface area (Å²) in [5, 5.41) is 55.9. The highest BCUT2D eigenvalue weighted by Gasteiger charge is 2.24. The van der Waals surface area contributed by atoms with Crippen molar-refractivity contribution in [2.24, 2.45) is 11.8 Å². The van der Waals surface area contributed by atoms with Crippen molar-refractivity contribution in [3.8, 4) is 0 Å². The Bertz CT molecular complexity index is 393. The predicted molar refractivity (Wildman–Crippen MR) is 109 cm³/mol. The maximum atomic E-state index is 12.3. The van der Waals surface area contributed by atoms with Gasteiger partial charge in [0.1, 0.15) is 12.7 Å². The fourth-order valence-electron chi connectivity index (χ4n) is 3.44. The molecule has 0 fully saturated rings.